The van der Waals surface area contributed by atoms with E-state index in [-0.39, 0.29) is 5.91 Å². The topological polar surface area (TPSA) is 38.8 Å². The highest BCUT2D eigenvalue weighted by Crippen LogP contribution is 2.39. The molecule has 0 radical (unpaired) electrons. The number of hydrogen-bond acceptors (Lipinski definition) is 5. The summed E-state index contributed by atoms with van der Waals surface area (Å²) >= 11 is 16.2. The zero-order valence-corrected chi connectivity index (χ0v) is 18.5. The molecule has 0 aromatic heterocycles. The van der Waals surface area contributed by atoms with E-state index in [1.807, 2.05) is 24.3 Å². The van der Waals surface area contributed by atoms with E-state index in [1.54, 1.807) is 32.4 Å². The number of hydrogen-bond donors (Lipinski definition) is 0. The van der Waals surface area contributed by atoms with Gasteiger partial charge in [0.1, 0.15) is 10.9 Å². The number of carbonyl (C=O) groups is 1. The molecule has 1 saturated heterocycles. The Morgan fingerprint density at radius 1 is 1.30 bits per heavy atom. The Bertz CT molecular complexity index is 931. The second-order valence-electron chi connectivity index (χ2n) is 5.69. The molecule has 0 aliphatic carbocycles. The first kappa shape index (κ1) is 20.2. The minimum absolute atomic E-state index is 0.129. The van der Waals surface area contributed by atoms with Gasteiger partial charge in [0.2, 0.25) is 0 Å². The Morgan fingerprint density at radius 3 is 2.59 bits per heavy atom. The molecule has 0 unspecified atom stereocenters. The van der Waals surface area contributed by atoms with E-state index < -0.39 is 0 Å². The number of thiocarbonyl (C=S) groups is 1. The van der Waals surface area contributed by atoms with Crippen LogP contribution in [0.15, 0.2) is 45.8 Å². The fraction of sp³-hybridized carbons (Fsp3) is 0.158. The summed E-state index contributed by atoms with van der Waals surface area (Å²) in [5.74, 6) is 0.829. The van der Waals surface area contributed by atoms with Crippen LogP contribution in [0, 0.1) is 0 Å². The van der Waals surface area contributed by atoms with E-state index in [4.69, 9.17) is 33.3 Å². The molecule has 1 fully saturated rings. The number of amides is 1. The third-order valence-electron chi connectivity index (χ3n) is 3.83. The summed E-state index contributed by atoms with van der Waals surface area (Å²) in [6.45, 7) is 0.358. The van der Waals surface area contributed by atoms with Gasteiger partial charge < -0.3 is 9.47 Å². The van der Waals surface area contributed by atoms with Crippen LogP contribution in [-0.2, 0) is 11.4 Å². The van der Waals surface area contributed by atoms with E-state index in [9.17, 15) is 4.79 Å². The molecule has 1 aliphatic heterocycles. The minimum Gasteiger partial charge on any atom is -0.493 e. The fourth-order valence-corrected chi connectivity index (χ4v) is 4.11. The van der Waals surface area contributed by atoms with E-state index in [1.165, 1.54) is 16.7 Å². The quantitative estimate of drug-likeness (QED) is 0.413. The molecule has 3 rings (SSSR count). The largest absolute Gasteiger partial charge is 0.493 e. The van der Waals surface area contributed by atoms with Gasteiger partial charge >= 0.3 is 0 Å². The first-order valence-electron chi connectivity index (χ1n) is 7.85. The summed E-state index contributed by atoms with van der Waals surface area (Å²) in [4.78, 5) is 14.2. The fourth-order valence-electron chi connectivity index (χ4n) is 2.40. The van der Waals surface area contributed by atoms with E-state index in [0.717, 1.165) is 15.6 Å². The molecule has 1 amide bonds. The molecule has 0 spiro atoms. The van der Waals surface area contributed by atoms with Gasteiger partial charge in [-0.3, -0.25) is 9.69 Å². The van der Waals surface area contributed by atoms with Crippen LogP contribution in [-0.4, -0.2) is 29.3 Å². The van der Waals surface area contributed by atoms with Crippen LogP contribution in [0.5, 0.6) is 11.5 Å². The Morgan fingerprint density at radius 2 is 2.00 bits per heavy atom. The first-order chi connectivity index (χ1) is 12.9. The molecule has 4 nitrogen and oxygen atoms in total. The summed E-state index contributed by atoms with van der Waals surface area (Å²) in [7, 11) is 3.21. The molecule has 2 aromatic rings. The molecule has 0 atom stereocenters. The lowest BCUT2D eigenvalue weighted by Gasteiger charge is -2.13. The number of ether oxygens (including phenoxy) is 2. The lowest BCUT2D eigenvalue weighted by Crippen LogP contribution is -2.22. The SMILES string of the molecule is COc1cc(C=C2SC(=S)N(C)C2=O)cc(Cl)c1OCc1ccc(Br)cc1. The van der Waals surface area contributed by atoms with Crippen molar-refractivity contribution in [2.75, 3.05) is 14.2 Å². The second kappa shape index (κ2) is 8.65. The Balaban J connectivity index is 1.84. The molecule has 1 aliphatic rings. The highest BCUT2D eigenvalue weighted by molar-refractivity contribution is 9.10. The maximum absolute atomic E-state index is 12.2. The lowest BCUT2D eigenvalue weighted by atomic mass is 10.1. The van der Waals surface area contributed by atoms with Gasteiger partial charge in [-0.2, -0.15) is 0 Å². The summed E-state index contributed by atoms with van der Waals surface area (Å²) in [6.07, 6.45) is 1.75. The normalized spacial score (nSPS) is 15.6. The number of likely N-dealkylation sites (N-methyl/N-ethyl adjacent to an activating group) is 1. The molecular formula is C19H15BrClNO3S2. The number of benzene rings is 2. The van der Waals surface area contributed by atoms with Gasteiger partial charge in [0, 0.05) is 11.5 Å². The van der Waals surface area contributed by atoms with Crippen molar-refractivity contribution in [1.82, 2.24) is 4.90 Å². The third kappa shape index (κ3) is 4.66. The summed E-state index contributed by atoms with van der Waals surface area (Å²) in [5.41, 5.74) is 1.74. The van der Waals surface area contributed by atoms with Crippen LogP contribution in [0.2, 0.25) is 5.02 Å². The number of rotatable bonds is 5. The van der Waals surface area contributed by atoms with Gasteiger partial charge in [0.15, 0.2) is 11.5 Å². The number of carbonyl (C=O) groups excluding carboxylic acids is 1. The molecule has 2 aromatic carbocycles. The minimum atomic E-state index is -0.129. The first-order valence-corrected chi connectivity index (χ1v) is 10.2. The molecule has 8 heteroatoms. The Kier molecular flexibility index (Phi) is 6.47. The average molecular weight is 485 g/mol. The molecule has 0 saturated carbocycles. The van der Waals surface area contributed by atoms with Gasteiger partial charge in [0.25, 0.3) is 5.91 Å². The second-order valence-corrected chi connectivity index (χ2v) is 8.69. The maximum atomic E-state index is 12.2. The number of thioether (sulfide) groups is 1. The number of nitrogens with zero attached hydrogens (tertiary/aromatic N) is 1. The highest BCUT2D eigenvalue weighted by atomic mass is 79.9. The van der Waals surface area contributed by atoms with Crippen molar-refractivity contribution in [3.05, 3.63) is 61.9 Å². The molecule has 0 bridgehead atoms. The zero-order valence-electron chi connectivity index (χ0n) is 14.5. The number of halogens is 2. The van der Waals surface area contributed by atoms with Gasteiger partial charge in [0.05, 0.1) is 17.0 Å². The highest BCUT2D eigenvalue weighted by Gasteiger charge is 2.28. The van der Waals surface area contributed by atoms with Crippen LogP contribution >= 0.6 is 51.5 Å². The van der Waals surface area contributed by atoms with Crippen LogP contribution < -0.4 is 9.47 Å². The van der Waals surface area contributed by atoms with Crippen molar-refractivity contribution in [3.8, 4) is 11.5 Å². The monoisotopic (exact) mass is 483 g/mol. The van der Waals surface area contributed by atoms with Crippen LogP contribution in [0.4, 0.5) is 0 Å². The van der Waals surface area contributed by atoms with Crippen LogP contribution in [0.25, 0.3) is 6.08 Å². The third-order valence-corrected chi connectivity index (χ3v) is 6.13. The van der Waals surface area contributed by atoms with E-state index in [0.29, 0.717) is 32.4 Å². The van der Waals surface area contributed by atoms with Crippen molar-refractivity contribution in [1.29, 1.82) is 0 Å². The Labute approximate surface area is 180 Å². The summed E-state index contributed by atoms with van der Waals surface area (Å²) < 4.78 is 12.8. The predicted octanol–water partition coefficient (Wildman–Crippen LogP) is 5.52. The van der Waals surface area contributed by atoms with E-state index >= 15 is 0 Å². The maximum Gasteiger partial charge on any atom is 0.265 e. The summed E-state index contributed by atoms with van der Waals surface area (Å²) in [6, 6.07) is 11.3. The zero-order chi connectivity index (χ0) is 19.6. The molecule has 0 N–H and O–H groups in total. The number of methoxy groups -OCH3 is 1. The van der Waals surface area contributed by atoms with Gasteiger partial charge in [-0.05, 0) is 41.5 Å². The van der Waals surface area contributed by atoms with Gasteiger partial charge in [-0.15, -0.1) is 0 Å². The van der Waals surface area contributed by atoms with Gasteiger partial charge in [-0.1, -0.05) is 63.6 Å². The molecule has 1 heterocycles. The van der Waals surface area contributed by atoms with Crippen molar-refractivity contribution in [2.24, 2.45) is 0 Å². The summed E-state index contributed by atoms with van der Waals surface area (Å²) in [5, 5.41) is 0.407. The van der Waals surface area contributed by atoms with Crippen molar-refractivity contribution in [3.63, 3.8) is 0 Å². The van der Waals surface area contributed by atoms with Crippen molar-refractivity contribution in [2.45, 2.75) is 6.61 Å². The smallest absolute Gasteiger partial charge is 0.265 e. The van der Waals surface area contributed by atoms with Crippen molar-refractivity contribution < 1.29 is 14.3 Å². The Hall–Kier alpha value is -1.54. The molecule has 27 heavy (non-hydrogen) atoms. The van der Waals surface area contributed by atoms with Crippen LogP contribution in [0.1, 0.15) is 11.1 Å². The lowest BCUT2D eigenvalue weighted by molar-refractivity contribution is -0.121. The average Bonchev–Trinajstić information content (AvgIpc) is 2.88. The predicted molar refractivity (Wildman–Crippen MR) is 117 cm³/mol. The standard InChI is InChI=1S/C19H15BrClNO3S2/c1-22-18(23)16(27-19(22)26)9-12-7-14(21)17(15(8-12)24-2)25-10-11-3-5-13(20)6-4-11/h3-9H,10H2,1-2H3. The molecular weight excluding hydrogens is 470 g/mol. The van der Waals surface area contributed by atoms with Crippen LogP contribution in [0.3, 0.4) is 0 Å². The molecule has 140 valence electrons. The van der Waals surface area contributed by atoms with Gasteiger partial charge in [-0.25, -0.2) is 0 Å². The van der Waals surface area contributed by atoms with E-state index in [2.05, 4.69) is 15.9 Å². The van der Waals surface area contributed by atoms with Crippen molar-refractivity contribution >= 4 is 67.8 Å².